The van der Waals surface area contributed by atoms with Gasteiger partial charge in [-0.3, -0.25) is 14.4 Å². The minimum absolute atomic E-state index is 0.0440. The van der Waals surface area contributed by atoms with Gasteiger partial charge in [0.05, 0.1) is 6.61 Å². The van der Waals surface area contributed by atoms with Crippen LogP contribution in [0.25, 0.3) is 0 Å². The molecule has 1 fully saturated rings. The number of esters is 3. The van der Waals surface area contributed by atoms with Crippen LogP contribution in [0.15, 0.2) is 36.5 Å². The lowest BCUT2D eigenvalue weighted by Gasteiger charge is -2.40. The number of allylic oxidation sites excluding steroid dienone is 6. The van der Waals surface area contributed by atoms with Gasteiger partial charge in [-0.15, -0.1) is 0 Å². The fourth-order valence-electron chi connectivity index (χ4n) is 8.09. The van der Waals surface area contributed by atoms with Gasteiger partial charge >= 0.3 is 23.9 Å². The molecule has 1 saturated heterocycles. The summed E-state index contributed by atoms with van der Waals surface area (Å²) < 4.78 is 28.3. The average Bonchev–Trinajstić information content (AvgIpc) is 3.31. The van der Waals surface area contributed by atoms with Crippen LogP contribution in [0, 0.1) is 0 Å². The first-order chi connectivity index (χ1) is 32.6. The summed E-state index contributed by atoms with van der Waals surface area (Å²) >= 11 is 0. The Hall–Kier alpha value is -3.06. The van der Waals surface area contributed by atoms with Crippen LogP contribution >= 0.6 is 0 Å². The van der Waals surface area contributed by atoms with E-state index in [2.05, 4.69) is 57.2 Å². The number of carboxylic acids is 1. The van der Waals surface area contributed by atoms with Crippen LogP contribution in [0.3, 0.4) is 0 Å². The van der Waals surface area contributed by atoms with Crippen LogP contribution in [0.4, 0.5) is 0 Å². The smallest absolute Gasteiger partial charge is 0.335 e. The summed E-state index contributed by atoms with van der Waals surface area (Å²) in [5.74, 6) is -3.13. The van der Waals surface area contributed by atoms with E-state index in [-0.39, 0.29) is 25.9 Å². The highest BCUT2D eigenvalue weighted by Crippen LogP contribution is 2.26. The lowest BCUT2D eigenvalue weighted by molar-refractivity contribution is -0.301. The number of carbonyl (C=O) groups is 4. The number of aliphatic hydroxyl groups is 2. The highest BCUT2D eigenvalue weighted by atomic mass is 16.7. The zero-order valence-corrected chi connectivity index (χ0v) is 42.4. The van der Waals surface area contributed by atoms with Crippen molar-refractivity contribution in [1.29, 1.82) is 0 Å². The Morgan fingerprint density at radius 1 is 0.507 bits per heavy atom. The van der Waals surface area contributed by atoms with Gasteiger partial charge in [0.15, 0.2) is 24.6 Å². The van der Waals surface area contributed by atoms with Crippen LogP contribution in [0.1, 0.15) is 239 Å². The highest BCUT2D eigenvalue weighted by Gasteiger charge is 2.50. The van der Waals surface area contributed by atoms with Gasteiger partial charge in [-0.05, 0) is 51.4 Å². The quantitative estimate of drug-likeness (QED) is 0.0228. The number of ether oxygens (including phenoxy) is 5. The summed E-state index contributed by atoms with van der Waals surface area (Å²) in [6.07, 6.45) is 37.1. The second-order valence-corrected chi connectivity index (χ2v) is 18.5. The first kappa shape index (κ1) is 62.0. The maximum absolute atomic E-state index is 13.0. The third-order valence-electron chi connectivity index (χ3n) is 12.2. The molecule has 0 bridgehead atoms. The number of carbonyl (C=O) groups excluding carboxylic acids is 3. The Labute approximate surface area is 406 Å². The molecule has 0 aliphatic carbocycles. The summed E-state index contributed by atoms with van der Waals surface area (Å²) in [4.78, 5) is 50.8. The normalized spacial score (nSPS) is 19.1. The maximum atomic E-state index is 13.0. The maximum Gasteiger partial charge on any atom is 0.335 e. The van der Waals surface area contributed by atoms with Gasteiger partial charge in [0.1, 0.15) is 18.8 Å². The second kappa shape index (κ2) is 44.2. The Morgan fingerprint density at radius 3 is 1.43 bits per heavy atom. The fraction of sp³-hybridized carbons (Fsp3) is 0.818. The predicted octanol–water partition coefficient (Wildman–Crippen LogP) is 12.9. The van der Waals surface area contributed by atoms with E-state index in [1.807, 2.05) is 0 Å². The first-order valence-electron chi connectivity index (χ1n) is 27.0. The van der Waals surface area contributed by atoms with Crippen LogP contribution in [0.2, 0.25) is 0 Å². The summed E-state index contributed by atoms with van der Waals surface area (Å²) in [6.45, 7) is 5.84. The summed E-state index contributed by atoms with van der Waals surface area (Å²) in [5.41, 5.74) is 0. The molecule has 0 saturated carbocycles. The SMILES string of the molecule is CC/C=C\C/C=C\C/C=C\CCCCCCCC(=O)OC1C(OCC(COC(=O)CCCCCCCCCCCCCCC)OC(=O)CCCCCCCCCCC)OC(C(=O)O)C(O)C1O. The van der Waals surface area contributed by atoms with Gasteiger partial charge in [-0.1, -0.05) is 205 Å². The summed E-state index contributed by atoms with van der Waals surface area (Å²) in [6, 6.07) is 0. The molecule has 0 aromatic carbocycles. The predicted molar refractivity (Wildman–Crippen MR) is 266 cm³/mol. The van der Waals surface area contributed by atoms with Gasteiger partial charge < -0.3 is 39.0 Å². The van der Waals surface area contributed by atoms with Crippen molar-refractivity contribution < 1.29 is 58.2 Å². The molecular formula is C55H96O12. The third kappa shape index (κ3) is 34.8. The number of hydrogen-bond acceptors (Lipinski definition) is 11. The van der Waals surface area contributed by atoms with E-state index >= 15 is 0 Å². The van der Waals surface area contributed by atoms with Crippen molar-refractivity contribution in [3.05, 3.63) is 36.5 Å². The molecule has 0 radical (unpaired) electrons. The zero-order valence-electron chi connectivity index (χ0n) is 42.4. The molecule has 12 nitrogen and oxygen atoms in total. The van der Waals surface area contributed by atoms with Gasteiger partial charge in [-0.25, -0.2) is 4.79 Å². The number of unbranched alkanes of at least 4 members (excludes halogenated alkanes) is 25. The van der Waals surface area contributed by atoms with Crippen LogP contribution in [-0.2, 0) is 42.9 Å². The minimum Gasteiger partial charge on any atom is -0.479 e. The molecule has 0 amide bonds. The Morgan fingerprint density at radius 2 is 0.940 bits per heavy atom. The van der Waals surface area contributed by atoms with Crippen molar-refractivity contribution in [3.8, 4) is 0 Å². The standard InChI is InChI=1S/C55H96O12/c1-4-7-10-13-16-19-21-23-24-26-28-31-34-37-40-43-49(58)66-53-51(60)50(59)52(54(61)62)67-55(53)64-45-46(65-48(57)42-39-36-33-29-18-15-12-9-6-3)44-63-47(56)41-38-35-32-30-27-25-22-20-17-14-11-8-5-2/h7,10,16,19,23-24,46,50-53,55,59-60H,4-6,8-9,11-15,17-18,20-22,25-45H2,1-3H3,(H,61,62)/b10-7-,19-16-,24-23-. The summed E-state index contributed by atoms with van der Waals surface area (Å²) in [5, 5.41) is 31.3. The number of aliphatic hydroxyl groups excluding tert-OH is 2. The topological polar surface area (TPSA) is 175 Å². The molecule has 1 rings (SSSR count). The van der Waals surface area contributed by atoms with Crippen molar-refractivity contribution in [2.75, 3.05) is 13.2 Å². The van der Waals surface area contributed by atoms with E-state index in [0.717, 1.165) is 89.9 Å². The third-order valence-corrected chi connectivity index (χ3v) is 12.2. The van der Waals surface area contributed by atoms with E-state index in [9.17, 15) is 34.5 Å². The Kier molecular flexibility index (Phi) is 40.8. The average molecular weight is 949 g/mol. The molecule has 0 aromatic rings. The molecule has 0 aromatic heterocycles. The molecule has 388 valence electrons. The molecule has 67 heavy (non-hydrogen) atoms. The number of hydrogen-bond donors (Lipinski definition) is 3. The molecule has 6 unspecified atom stereocenters. The molecular weight excluding hydrogens is 853 g/mol. The van der Waals surface area contributed by atoms with Crippen LogP contribution < -0.4 is 0 Å². The fourth-order valence-corrected chi connectivity index (χ4v) is 8.09. The minimum atomic E-state index is -1.90. The molecule has 12 heteroatoms. The van der Waals surface area contributed by atoms with Crippen molar-refractivity contribution >= 4 is 23.9 Å². The number of aliphatic carboxylic acids is 1. The summed E-state index contributed by atoms with van der Waals surface area (Å²) in [7, 11) is 0. The van der Waals surface area contributed by atoms with Crippen LogP contribution in [0.5, 0.6) is 0 Å². The number of rotatable bonds is 45. The monoisotopic (exact) mass is 949 g/mol. The van der Waals surface area contributed by atoms with Gasteiger partial charge in [-0.2, -0.15) is 0 Å². The Balaban J connectivity index is 2.70. The van der Waals surface area contributed by atoms with Crippen molar-refractivity contribution in [1.82, 2.24) is 0 Å². The van der Waals surface area contributed by atoms with Gasteiger partial charge in [0, 0.05) is 19.3 Å². The largest absolute Gasteiger partial charge is 0.479 e. The lowest BCUT2D eigenvalue weighted by Crippen LogP contribution is -2.61. The first-order valence-corrected chi connectivity index (χ1v) is 27.0. The molecule has 1 aliphatic heterocycles. The van der Waals surface area contributed by atoms with Crippen LogP contribution in [-0.4, -0.2) is 89.2 Å². The highest BCUT2D eigenvalue weighted by molar-refractivity contribution is 5.74. The Bertz CT molecular complexity index is 1310. The van der Waals surface area contributed by atoms with E-state index in [0.29, 0.717) is 19.3 Å². The van der Waals surface area contributed by atoms with Gasteiger partial charge in [0.25, 0.3) is 0 Å². The second-order valence-electron chi connectivity index (χ2n) is 18.5. The van der Waals surface area contributed by atoms with Gasteiger partial charge in [0.2, 0.25) is 0 Å². The van der Waals surface area contributed by atoms with Crippen molar-refractivity contribution in [3.63, 3.8) is 0 Å². The van der Waals surface area contributed by atoms with E-state index < -0.39 is 67.3 Å². The molecule has 3 N–H and O–H groups in total. The van der Waals surface area contributed by atoms with E-state index in [1.54, 1.807) is 0 Å². The van der Waals surface area contributed by atoms with Crippen molar-refractivity contribution in [2.45, 2.75) is 276 Å². The zero-order chi connectivity index (χ0) is 49.0. The molecule has 6 atom stereocenters. The molecule has 1 heterocycles. The van der Waals surface area contributed by atoms with E-state index in [1.165, 1.54) is 89.9 Å². The molecule has 0 spiro atoms. The molecule has 1 aliphatic rings. The number of carboxylic acid groups (broad SMARTS) is 1. The lowest BCUT2D eigenvalue weighted by atomic mass is 9.98. The van der Waals surface area contributed by atoms with Crippen molar-refractivity contribution in [2.24, 2.45) is 0 Å². The van der Waals surface area contributed by atoms with E-state index in [4.69, 9.17) is 23.7 Å².